The van der Waals surface area contributed by atoms with E-state index in [0.29, 0.717) is 5.69 Å². The summed E-state index contributed by atoms with van der Waals surface area (Å²) in [6, 6.07) is 23.8. The van der Waals surface area contributed by atoms with Crippen LogP contribution < -0.4 is 4.90 Å². The number of benzene rings is 3. The van der Waals surface area contributed by atoms with Crippen LogP contribution in [-0.4, -0.2) is 11.8 Å². The number of hydrogen-bond acceptors (Lipinski definition) is 2. The number of rotatable bonds is 1. The maximum Gasteiger partial charge on any atom is 0.239 e. The monoisotopic (exact) mass is 521 g/mol. The van der Waals surface area contributed by atoms with Crippen LogP contribution >= 0.6 is 31.9 Å². The van der Waals surface area contributed by atoms with Gasteiger partial charge in [-0.2, -0.15) is 0 Å². The van der Waals surface area contributed by atoms with Gasteiger partial charge in [-0.15, -0.1) is 0 Å². The van der Waals surface area contributed by atoms with E-state index in [-0.39, 0.29) is 11.8 Å². The highest BCUT2D eigenvalue weighted by Crippen LogP contribution is 2.70. The molecule has 3 aromatic rings. The molecule has 0 radical (unpaired) electrons. The molecule has 1 aliphatic heterocycles. The molecule has 3 aromatic carbocycles. The Morgan fingerprint density at radius 1 is 0.667 bits per heavy atom. The van der Waals surface area contributed by atoms with E-state index in [9.17, 15) is 9.59 Å². The number of imide groups is 1. The van der Waals surface area contributed by atoms with Crippen LogP contribution in [-0.2, 0) is 18.2 Å². The Labute approximate surface area is 191 Å². The van der Waals surface area contributed by atoms with Gasteiger partial charge in [-0.25, -0.2) is 4.90 Å². The van der Waals surface area contributed by atoms with Crippen molar-refractivity contribution in [2.75, 3.05) is 4.90 Å². The molecule has 30 heavy (non-hydrogen) atoms. The minimum atomic E-state index is -0.743. The van der Waals surface area contributed by atoms with Gasteiger partial charge in [0.05, 0.1) is 26.2 Å². The SMILES string of the molecule is Cc1ccc(N2C(=O)[C@@H]3[C@@H](C2=O)C2(Br)c4ccccc4C3(Br)c3ccccc32)cc1. The maximum atomic E-state index is 13.8. The topological polar surface area (TPSA) is 37.4 Å². The number of alkyl halides is 2. The molecular formula is C25H17Br2NO2. The van der Waals surface area contributed by atoms with E-state index in [0.717, 1.165) is 27.8 Å². The Morgan fingerprint density at radius 3 is 1.40 bits per heavy atom. The van der Waals surface area contributed by atoms with E-state index < -0.39 is 20.5 Å². The molecule has 4 aliphatic rings. The summed E-state index contributed by atoms with van der Waals surface area (Å²) >= 11 is 8.04. The third-order valence-corrected chi connectivity index (χ3v) is 9.57. The highest BCUT2D eigenvalue weighted by molar-refractivity contribution is 9.10. The molecule has 2 atom stereocenters. The Balaban J connectivity index is 1.66. The third-order valence-electron chi connectivity index (χ3n) is 6.88. The molecule has 1 saturated heterocycles. The lowest BCUT2D eigenvalue weighted by Gasteiger charge is -2.55. The van der Waals surface area contributed by atoms with Crippen LogP contribution in [0.4, 0.5) is 5.69 Å². The molecule has 5 heteroatoms. The number of nitrogens with zero attached hydrogens (tertiary/aromatic N) is 1. The zero-order chi connectivity index (χ0) is 20.8. The van der Waals surface area contributed by atoms with E-state index in [2.05, 4.69) is 56.1 Å². The van der Waals surface area contributed by atoms with Crippen molar-refractivity contribution in [3.8, 4) is 0 Å². The van der Waals surface area contributed by atoms with Gasteiger partial charge in [0.15, 0.2) is 0 Å². The number of anilines is 1. The van der Waals surface area contributed by atoms with E-state index in [1.54, 1.807) is 0 Å². The highest BCUT2D eigenvalue weighted by atomic mass is 79.9. The van der Waals surface area contributed by atoms with Crippen molar-refractivity contribution in [2.24, 2.45) is 11.8 Å². The summed E-state index contributed by atoms with van der Waals surface area (Å²) in [6.45, 7) is 1.99. The molecule has 2 amide bonds. The summed E-state index contributed by atoms with van der Waals surface area (Å²) in [7, 11) is 0. The van der Waals surface area contributed by atoms with Crippen LogP contribution in [0.15, 0.2) is 72.8 Å². The summed E-state index contributed by atoms with van der Waals surface area (Å²) in [5.41, 5.74) is 5.92. The van der Waals surface area contributed by atoms with E-state index in [1.165, 1.54) is 4.90 Å². The van der Waals surface area contributed by atoms with E-state index >= 15 is 0 Å². The van der Waals surface area contributed by atoms with Crippen molar-refractivity contribution in [1.29, 1.82) is 0 Å². The fraction of sp³-hybridized carbons (Fsp3) is 0.200. The van der Waals surface area contributed by atoms with Crippen molar-refractivity contribution >= 4 is 49.4 Å². The van der Waals surface area contributed by atoms with Gasteiger partial charge in [0.2, 0.25) is 11.8 Å². The molecule has 0 aromatic heterocycles. The lowest BCUT2D eigenvalue weighted by atomic mass is 9.54. The molecule has 1 fully saturated rings. The number of amides is 2. The number of hydrogen-bond donors (Lipinski definition) is 0. The summed E-state index contributed by atoms with van der Waals surface area (Å²) in [5, 5.41) is 0. The molecule has 1 heterocycles. The number of halogens is 2. The first-order valence-corrected chi connectivity index (χ1v) is 11.5. The second-order valence-corrected chi connectivity index (χ2v) is 10.8. The molecule has 0 N–H and O–H groups in total. The van der Waals surface area contributed by atoms with Crippen molar-refractivity contribution in [1.82, 2.24) is 0 Å². The predicted octanol–water partition coefficient (Wildman–Crippen LogP) is 5.40. The molecule has 2 bridgehead atoms. The first kappa shape index (κ1) is 18.5. The minimum Gasteiger partial charge on any atom is -0.274 e. The summed E-state index contributed by atoms with van der Waals surface area (Å²) in [5.74, 6) is -1.37. The van der Waals surface area contributed by atoms with Crippen LogP contribution in [0.5, 0.6) is 0 Å². The van der Waals surface area contributed by atoms with Crippen molar-refractivity contribution in [3.63, 3.8) is 0 Å². The fourth-order valence-corrected chi connectivity index (χ4v) is 7.92. The van der Waals surface area contributed by atoms with Crippen LogP contribution in [0, 0.1) is 18.8 Å². The van der Waals surface area contributed by atoms with Gasteiger partial charge in [0.1, 0.15) is 0 Å². The van der Waals surface area contributed by atoms with Crippen molar-refractivity contribution in [2.45, 2.75) is 15.6 Å². The molecular weight excluding hydrogens is 506 g/mol. The van der Waals surface area contributed by atoms with Gasteiger partial charge in [-0.1, -0.05) is 98.1 Å². The highest BCUT2D eigenvalue weighted by Gasteiger charge is 2.72. The Morgan fingerprint density at radius 2 is 1.03 bits per heavy atom. The van der Waals surface area contributed by atoms with Gasteiger partial charge in [0.25, 0.3) is 0 Å². The van der Waals surface area contributed by atoms with Gasteiger partial charge in [0, 0.05) is 0 Å². The number of carbonyl (C=O) groups excluding carboxylic acids is 2. The zero-order valence-electron chi connectivity index (χ0n) is 16.1. The molecule has 0 saturated carbocycles. The van der Waals surface area contributed by atoms with Crippen LogP contribution in [0.25, 0.3) is 0 Å². The van der Waals surface area contributed by atoms with Gasteiger partial charge in [-0.05, 0) is 41.3 Å². The van der Waals surface area contributed by atoms with E-state index in [1.807, 2.05) is 55.5 Å². The molecule has 0 spiro atoms. The first-order valence-electron chi connectivity index (χ1n) is 9.92. The Hall–Kier alpha value is -2.24. The van der Waals surface area contributed by atoms with Gasteiger partial charge in [-0.3, -0.25) is 9.59 Å². The standard InChI is InChI=1S/C25H17Br2NO2/c1-14-10-12-15(13-11-14)28-22(29)20-21(23(28)30)25(27)17-7-3-2-6-16(17)24(20,26)18-8-4-5-9-19(18)25/h2-13,20-21H,1H3/t20-,21-,24?,25?/m0/s1. The quantitative estimate of drug-likeness (QED) is 0.317. The molecule has 3 aliphatic carbocycles. The van der Waals surface area contributed by atoms with Crippen molar-refractivity contribution in [3.05, 3.63) is 101 Å². The number of aryl methyl sites for hydroxylation is 1. The lowest BCUT2D eigenvalue weighted by Crippen LogP contribution is -2.56. The summed E-state index contributed by atoms with van der Waals surface area (Å²) < 4.78 is -1.49. The lowest BCUT2D eigenvalue weighted by molar-refractivity contribution is -0.122. The van der Waals surface area contributed by atoms with Crippen molar-refractivity contribution < 1.29 is 9.59 Å². The fourth-order valence-electron chi connectivity index (χ4n) is 5.62. The Bertz CT molecular complexity index is 1130. The largest absolute Gasteiger partial charge is 0.274 e. The normalized spacial score (nSPS) is 30.8. The zero-order valence-corrected chi connectivity index (χ0v) is 19.3. The maximum absolute atomic E-state index is 13.8. The third kappa shape index (κ3) is 1.96. The second kappa shape index (κ2) is 5.92. The Kier molecular flexibility index (Phi) is 3.66. The average molecular weight is 523 g/mol. The van der Waals surface area contributed by atoms with Gasteiger partial charge >= 0.3 is 0 Å². The molecule has 3 nitrogen and oxygen atoms in total. The van der Waals surface area contributed by atoms with Gasteiger partial charge < -0.3 is 0 Å². The second-order valence-electron chi connectivity index (χ2n) is 8.32. The molecule has 148 valence electrons. The van der Waals surface area contributed by atoms with Crippen LogP contribution in [0.1, 0.15) is 27.8 Å². The number of carbonyl (C=O) groups is 2. The average Bonchev–Trinajstić information content (AvgIpc) is 3.04. The minimum absolute atomic E-state index is 0.154. The molecule has 0 unspecified atom stereocenters. The summed E-state index contributed by atoms with van der Waals surface area (Å²) in [4.78, 5) is 29.1. The van der Waals surface area contributed by atoms with E-state index in [4.69, 9.17) is 0 Å². The molecule has 7 rings (SSSR count). The van der Waals surface area contributed by atoms with Crippen LogP contribution in [0.3, 0.4) is 0 Å². The predicted molar refractivity (Wildman–Crippen MR) is 123 cm³/mol. The first-order chi connectivity index (χ1) is 14.4. The summed E-state index contributed by atoms with van der Waals surface area (Å²) in [6.07, 6.45) is 0. The smallest absolute Gasteiger partial charge is 0.239 e. The van der Waals surface area contributed by atoms with Crippen LogP contribution in [0.2, 0.25) is 0 Å².